The topological polar surface area (TPSA) is 69.8 Å². The van der Waals surface area contributed by atoms with Gasteiger partial charge >= 0.3 is 0 Å². The van der Waals surface area contributed by atoms with E-state index in [0.29, 0.717) is 17.5 Å². The Balaban J connectivity index is 1.37. The molecule has 0 saturated heterocycles. The van der Waals surface area contributed by atoms with E-state index < -0.39 is 0 Å². The molecule has 1 aliphatic rings. The maximum atomic E-state index is 12.4. The first-order valence-corrected chi connectivity index (χ1v) is 9.09. The molecule has 1 aliphatic carbocycles. The van der Waals surface area contributed by atoms with Crippen molar-refractivity contribution in [2.75, 3.05) is 11.9 Å². The number of H-pyrrole nitrogens is 1. The lowest BCUT2D eigenvalue weighted by molar-refractivity contribution is 0.0957. The molecule has 2 heterocycles. The molecule has 0 radical (unpaired) electrons. The fourth-order valence-electron chi connectivity index (χ4n) is 2.80. The molecule has 24 heavy (non-hydrogen) atoms. The fraction of sp³-hybridized carbons (Fsp3) is 0.333. The summed E-state index contributed by atoms with van der Waals surface area (Å²) in [6.45, 7) is 2.51. The number of aromatic amines is 1. The molecule has 1 fully saturated rings. The summed E-state index contributed by atoms with van der Waals surface area (Å²) in [6, 6.07) is 8.77. The van der Waals surface area contributed by atoms with Gasteiger partial charge in [-0.2, -0.15) is 0 Å². The first kappa shape index (κ1) is 15.2. The summed E-state index contributed by atoms with van der Waals surface area (Å²) in [5, 5.41) is 8.45. The zero-order valence-electron chi connectivity index (χ0n) is 13.6. The summed E-state index contributed by atoms with van der Waals surface area (Å²) in [5.41, 5.74) is 3.16. The van der Waals surface area contributed by atoms with Crippen molar-refractivity contribution < 1.29 is 4.79 Å². The third kappa shape index (κ3) is 3.14. The van der Waals surface area contributed by atoms with Gasteiger partial charge in [-0.3, -0.25) is 4.79 Å². The minimum Gasteiger partial charge on any atom is -0.361 e. The van der Waals surface area contributed by atoms with Crippen LogP contribution in [0.25, 0.3) is 10.9 Å². The van der Waals surface area contributed by atoms with Crippen LogP contribution in [0.2, 0.25) is 0 Å². The van der Waals surface area contributed by atoms with E-state index in [-0.39, 0.29) is 5.91 Å². The van der Waals surface area contributed by atoms with Crippen LogP contribution in [0.5, 0.6) is 0 Å². The van der Waals surface area contributed by atoms with E-state index in [0.717, 1.165) is 22.8 Å². The number of anilines is 1. The summed E-state index contributed by atoms with van der Waals surface area (Å²) >= 11 is 1.45. The molecule has 0 bridgehead atoms. The van der Waals surface area contributed by atoms with Crippen molar-refractivity contribution >= 4 is 33.3 Å². The number of benzene rings is 1. The molecule has 1 saturated carbocycles. The summed E-state index contributed by atoms with van der Waals surface area (Å²) in [6.07, 6.45) is 5.22. The Morgan fingerprint density at radius 2 is 2.21 bits per heavy atom. The first-order chi connectivity index (χ1) is 11.7. The van der Waals surface area contributed by atoms with Crippen molar-refractivity contribution in [2.45, 2.75) is 32.2 Å². The molecule has 6 heteroatoms. The maximum Gasteiger partial charge on any atom is 0.263 e. The van der Waals surface area contributed by atoms with Crippen LogP contribution in [-0.2, 0) is 6.42 Å². The van der Waals surface area contributed by atoms with Crippen molar-refractivity contribution in [3.63, 3.8) is 0 Å². The molecule has 1 amide bonds. The van der Waals surface area contributed by atoms with Crippen molar-refractivity contribution in [3.8, 4) is 0 Å². The Kier molecular flexibility index (Phi) is 3.98. The summed E-state index contributed by atoms with van der Waals surface area (Å²) in [7, 11) is 0. The van der Waals surface area contributed by atoms with E-state index in [1.165, 1.54) is 35.1 Å². The normalized spacial score (nSPS) is 14.0. The van der Waals surface area contributed by atoms with Crippen LogP contribution in [0.15, 0.2) is 30.5 Å². The molecular formula is C18H20N4OS. The van der Waals surface area contributed by atoms with Gasteiger partial charge in [0.1, 0.15) is 4.88 Å². The monoisotopic (exact) mass is 340 g/mol. The highest BCUT2D eigenvalue weighted by Crippen LogP contribution is 2.29. The number of fused-ring (bicyclic) bond motifs is 1. The van der Waals surface area contributed by atoms with Gasteiger partial charge in [-0.15, -0.1) is 0 Å². The maximum absolute atomic E-state index is 12.4. The van der Waals surface area contributed by atoms with Gasteiger partial charge in [0.2, 0.25) is 0 Å². The Labute approximate surface area is 144 Å². The Morgan fingerprint density at radius 1 is 1.38 bits per heavy atom. The second kappa shape index (κ2) is 6.28. The molecule has 0 aliphatic heterocycles. The van der Waals surface area contributed by atoms with E-state index in [9.17, 15) is 4.79 Å². The van der Waals surface area contributed by atoms with Gasteiger partial charge in [0.15, 0.2) is 5.13 Å². The van der Waals surface area contributed by atoms with Gasteiger partial charge in [-0.25, -0.2) is 4.98 Å². The Bertz CT molecular complexity index is 878. The van der Waals surface area contributed by atoms with Crippen LogP contribution in [-0.4, -0.2) is 28.5 Å². The third-order valence-corrected chi connectivity index (χ3v) is 5.35. The number of hydrogen-bond donors (Lipinski definition) is 3. The molecule has 0 unspecified atom stereocenters. The smallest absolute Gasteiger partial charge is 0.263 e. The average Bonchev–Trinajstić information content (AvgIpc) is 3.18. The second-order valence-electron chi connectivity index (χ2n) is 6.22. The van der Waals surface area contributed by atoms with Crippen LogP contribution in [0.1, 0.15) is 33.8 Å². The molecule has 124 valence electrons. The van der Waals surface area contributed by atoms with Crippen molar-refractivity contribution in [1.82, 2.24) is 15.3 Å². The van der Waals surface area contributed by atoms with E-state index >= 15 is 0 Å². The third-order valence-electron chi connectivity index (χ3n) is 4.26. The van der Waals surface area contributed by atoms with Crippen molar-refractivity contribution in [3.05, 3.63) is 46.6 Å². The SMILES string of the molecule is Cc1nc(NC2CC2)sc1C(=O)NCCc1c[nH]c2ccccc12. The molecule has 5 nitrogen and oxygen atoms in total. The van der Waals surface area contributed by atoms with Crippen LogP contribution < -0.4 is 10.6 Å². The molecule has 4 rings (SSSR count). The standard InChI is InChI=1S/C18H20N4OS/c1-11-16(24-18(21-11)22-13-6-7-13)17(23)19-9-8-12-10-20-15-5-3-2-4-14(12)15/h2-5,10,13,20H,6-9H2,1H3,(H,19,23)(H,21,22). The number of carbonyl (C=O) groups is 1. The molecule has 0 spiro atoms. The molecule has 3 aromatic rings. The largest absolute Gasteiger partial charge is 0.361 e. The van der Waals surface area contributed by atoms with Gasteiger partial charge in [0, 0.05) is 29.7 Å². The zero-order valence-corrected chi connectivity index (χ0v) is 14.4. The minimum absolute atomic E-state index is 0.0336. The van der Waals surface area contributed by atoms with E-state index in [1.807, 2.05) is 25.3 Å². The number of rotatable bonds is 6. The minimum atomic E-state index is -0.0336. The molecule has 1 aromatic carbocycles. The average molecular weight is 340 g/mol. The quantitative estimate of drug-likeness (QED) is 0.643. The van der Waals surface area contributed by atoms with Crippen LogP contribution in [0, 0.1) is 6.92 Å². The van der Waals surface area contributed by atoms with Gasteiger partial charge in [-0.05, 0) is 37.8 Å². The van der Waals surface area contributed by atoms with Gasteiger partial charge in [-0.1, -0.05) is 29.5 Å². The highest BCUT2D eigenvalue weighted by molar-refractivity contribution is 7.17. The Hall–Kier alpha value is -2.34. The highest BCUT2D eigenvalue weighted by atomic mass is 32.1. The van der Waals surface area contributed by atoms with E-state index in [4.69, 9.17) is 0 Å². The summed E-state index contributed by atoms with van der Waals surface area (Å²) in [5.74, 6) is -0.0336. The summed E-state index contributed by atoms with van der Waals surface area (Å²) < 4.78 is 0. The lowest BCUT2D eigenvalue weighted by Crippen LogP contribution is -2.25. The number of hydrogen-bond acceptors (Lipinski definition) is 4. The van der Waals surface area contributed by atoms with Crippen LogP contribution in [0.4, 0.5) is 5.13 Å². The lowest BCUT2D eigenvalue weighted by atomic mass is 10.1. The van der Waals surface area contributed by atoms with Crippen molar-refractivity contribution in [1.29, 1.82) is 0 Å². The highest BCUT2D eigenvalue weighted by Gasteiger charge is 2.23. The Morgan fingerprint density at radius 3 is 3.04 bits per heavy atom. The first-order valence-electron chi connectivity index (χ1n) is 8.28. The second-order valence-corrected chi connectivity index (χ2v) is 7.22. The van der Waals surface area contributed by atoms with Gasteiger partial charge in [0.05, 0.1) is 5.69 Å². The van der Waals surface area contributed by atoms with E-state index in [2.05, 4.69) is 32.7 Å². The van der Waals surface area contributed by atoms with Gasteiger partial charge < -0.3 is 15.6 Å². The molecule has 0 atom stereocenters. The predicted molar refractivity (Wildman–Crippen MR) is 97.8 cm³/mol. The molecular weight excluding hydrogens is 320 g/mol. The number of amides is 1. The number of para-hydroxylation sites is 1. The molecule has 2 aromatic heterocycles. The number of aryl methyl sites for hydroxylation is 1. The van der Waals surface area contributed by atoms with Gasteiger partial charge in [0.25, 0.3) is 5.91 Å². The van der Waals surface area contributed by atoms with Crippen LogP contribution >= 0.6 is 11.3 Å². The predicted octanol–water partition coefficient (Wildman–Crippen LogP) is 3.48. The molecule has 3 N–H and O–H groups in total. The lowest BCUT2D eigenvalue weighted by Gasteiger charge is -2.03. The number of aromatic nitrogens is 2. The van der Waals surface area contributed by atoms with Crippen LogP contribution in [0.3, 0.4) is 0 Å². The summed E-state index contributed by atoms with van der Waals surface area (Å²) in [4.78, 5) is 20.8. The zero-order chi connectivity index (χ0) is 16.5. The fourth-order valence-corrected chi connectivity index (χ4v) is 3.76. The number of nitrogens with one attached hydrogen (secondary N) is 3. The number of nitrogens with zero attached hydrogens (tertiary/aromatic N) is 1. The van der Waals surface area contributed by atoms with Crippen molar-refractivity contribution in [2.24, 2.45) is 0 Å². The number of thiazole rings is 1. The number of carbonyl (C=O) groups excluding carboxylic acids is 1. The van der Waals surface area contributed by atoms with E-state index in [1.54, 1.807) is 0 Å².